The predicted octanol–water partition coefficient (Wildman–Crippen LogP) is 1.44. The lowest BCUT2D eigenvalue weighted by Crippen LogP contribution is -2.46. The second-order valence-electron chi connectivity index (χ2n) is 5.63. The quantitative estimate of drug-likeness (QED) is 0.714. The van der Waals surface area contributed by atoms with Gasteiger partial charge in [0.25, 0.3) is 0 Å². The zero-order chi connectivity index (χ0) is 15.5. The molecule has 0 fully saturated rings. The van der Waals surface area contributed by atoms with E-state index in [9.17, 15) is 14.3 Å². The molecule has 0 aliphatic rings. The third kappa shape index (κ3) is 4.79. The fourth-order valence-corrected chi connectivity index (χ4v) is 1.82. The van der Waals surface area contributed by atoms with Gasteiger partial charge in [0.2, 0.25) is 5.91 Å². The maximum absolute atomic E-state index is 13.0. The maximum atomic E-state index is 13.0. The van der Waals surface area contributed by atoms with E-state index in [1.807, 2.05) is 0 Å². The molecular weight excluding hydrogens is 261 g/mol. The van der Waals surface area contributed by atoms with Crippen LogP contribution in [0.1, 0.15) is 20.8 Å². The maximum Gasteiger partial charge on any atom is 0.241 e. The van der Waals surface area contributed by atoms with Crippen LogP contribution in [0.2, 0.25) is 0 Å². The van der Waals surface area contributed by atoms with Gasteiger partial charge in [-0.05, 0) is 46.0 Å². The average Bonchev–Trinajstić information content (AvgIpc) is 2.30. The van der Waals surface area contributed by atoms with E-state index in [0.29, 0.717) is 12.2 Å². The number of nitrogens with two attached hydrogens (primary N) is 1. The van der Waals surface area contributed by atoms with Crippen molar-refractivity contribution in [1.82, 2.24) is 4.90 Å². The molecule has 20 heavy (non-hydrogen) atoms. The van der Waals surface area contributed by atoms with Crippen LogP contribution < -0.4 is 11.1 Å². The lowest BCUT2D eigenvalue weighted by atomic mass is 10.1. The van der Waals surface area contributed by atoms with E-state index in [-0.39, 0.29) is 11.6 Å². The third-order valence-electron chi connectivity index (χ3n) is 2.94. The minimum Gasteiger partial charge on any atom is -0.396 e. The topological polar surface area (TPSA) is 78.6 Å². The zero-order valence-electron chi connectivity index (χ0n) is 12.3. The number of likely N-dealkylation sites (N-methyl/N-ethyl adjacent to an activating group) is 1. The molecule has 0 spiro atoms. The first-order valence-electron chi connectivity index (χ1n) is 6.38. The smallest absolute Gasteiger partial charge is 0.241 e. The molecule has 6 heteroatoms. The van der Waals surface area contributed by atoms with Crippen LogP contribution in [0.5, 0.6) is 0 Å². The largest absolute Gasteiger partial charge is 0.396 e. The molecule has 1 aromatic rings. The van der Waals surface area contributed by atoms with E-state index >= 15 is 0 Å². The molecule has 112 valence electrons. The van der Waals surface area contributed by atoms with Gasteiger partial charge in [-0.3, -0.25) is 9.69 Å². The van der Waals surface area contributed by atoms with Crippen molar-refractivity contribution >= 4 is 17.3 Å². The lowest BCUT2D eigenvalue weighted by molar-refractivity contribution is -0.121. The first kappa shape index (κ1) is 16.4. The number of nitrogen functional groups attached to an aromatic ring is 1. The van der Waals surface area contributed by atoms with Gasteiger partial charge in [-0.1, -0.05) is 0 Å². The van der Waals surface area contributed by atoms with Crippen molar-refractivity contribution in [2.75, 3.05) is 24.6 Å². The summed E-state index contributed by atoms with van der Waals surface area (Å²) in [4.78, 5) is 13.8. The molecule has 1 unspecified atom stereocenters. The molecule has 0 saturated heterocycles. The van der Waals surface area contributed by atoms with Crippen LogP contribution in [-0.4, -0.2) is 41.1 Å². The number of nitrogens with zero attached hydrogens (tertiary/aromatic N) is 1. The van der Waals surface area contributed by atoms with Crippen LogP contribution in [0.3, 0.4) is 0 Å². The number of rotatable bonds is 5. The van der Waals surface area contributed by atoms with Gasteiger partial charge >= 0.3 is 0 Å². The Balaban J connectivity index is 2.68. The summed E-state index contributed by atoms with van der Waals surface area (Å²) in [6.07, 6.45) is 0. The summed E-state index contributed by atoms with van der Waals surface area (Å²) in [5.74, 6) is -0.766. The summed E-state index contributed by atoms with van der Waals surface area (Å²) in [6.45, 7) is 5.44. The predicted molar refractivity (Wildman–Crippen MR) is 77.8 cm³/mol. The SMILES string of the molecule is CC(C(=O)Nc1ccc(F)c(N)c1)N(C)CC(C)(C)O. The minimum atomic E-state index is -0.885. The van der Waals surface area contributed by atoms with Gasteiger partial charge in [0.05, 0.1) is 17.3 Å². The van der Waals surface area contributed by atoms with Crippen molar-refractivity contribution in [2.45, 2.75) is 32.4 Å². The summed E-state index contributed by atoms with van der Waals surface area (Å²) >= 11 is 0. The van der Waals surface area contributed by atoms with E-state index in [1.165, 1.54) is 18.2 Å². The number of carbonyl (C=O) groups is 1. The Labute approximate surface area is 118 Å². The molecule has 1 atom stereocenters. The van der Waals surface area contributed by atoms with Crippen molar-refractivity contribution < 1.29 is 14.3 Å². The summed E-state index contributed by atoms with van der Waals surface area (Å²) in [6, 6.07) is 3.59. The number of nitrogens with one attached hydrogen (secondary N) is 1. The number of hydrogen-bond acceptors (Lipinski definition) is 4. The second-order valence-corrected chi connectivity index (χ2v) is 5.63. The van der Waals surface area contributed by atoms with Gasteiger partial charge in [-0.15, -0.1) is 0 Å². The number of hydrogen-bond donors (Lipinski definition) is 3. The molecule has 5 nitrogen and oxygen atoms in total. The highest BCUT2D eigenvalue weighted by atomic mass is 19.1. The molecule has 0 saturated carbocycles. The molecule has 0 aromatic heterocycles. The van der Waals surface area contributed by atoms with Gasteiger partial charge in [0.15, 0.2) is 0 Å². The highest BCUT2D eigenvalue weighted by molar-refractivity contribution is 5.94. The first-order valence-corrected chi connectivity index (χ1v) is 6.38. The van der Waals surface area contributed by atoms with Gasteiger partial charge in [-0.2, -0.15) is 0 Å². The summed E-state index contributed by atoms with van der Waals surface area (Å²) in [7, 11) is 1.75. The molecule has 0 bridgehead atoms. The highest BCUT2D eigenvalue weighted by Crippen LogP contribution is 2.17. The number of benzene rings is 1. The van der Waals surface area contributed by atoms with Crippen LogP contribution in [-0.2, 0) is 4.79 Å². The van der Waals surface area contributed by atoms with E-state index in [4.69, 9.17) is 5.73 Å². The van der Waals surface area contributed by atoms with Crippen LogP contribution in [0.15, 0.2) is 18.2 Å². The number of halogens is 1. The molecule has 0 radical (unpaired) electrons. The Morgan fingerprint density at radius 3 is 2.65 bits per heavy atom. The van der Waals surface area contributed by atoms with E-state index in [1.54, 1.807) is 32.7 Å². The van der Waals surface area contributed by atoms with Crippen LogP contribution in [0.4, 0.5) is 15.8 Å². The number of anilines is 2. The van der Waals surface area contributed by atoms with E-state index < -0.39 is 17.5 Å². The number of aliphatic hydroxyl groups is 1. The molecule has 1 rings (SSSR count). The standard InChI is InChI=1S/C14H22FN3O2/c1-9(18(4)8-14(2,3)20)13(19)17-10-5-6-11(15)12(16)7-10/h5-7,9,20H,8,16H2,1-4H3,(H,17,19). The van der Waals surface area contributed by atoms with Crippen molar-refractivity contribution in [3.8, 4) is 0 Å². The van der Waals surface area contributed by atoms with Gasteiger partial charge in [-0.25, -0.2) is 4.39 Å². The van der Waals surface area contributed by atoms with Crippen molar-refractivity contribution in [2.24, 2.45) is 0 Å². The van der Waals surface area contributed by atoms with Crippen molar-refractivity contribution in [3.63, 3.8) is 0 Å². The van der Waals surface area contributed by atoms with Gasteiger partial charge < -0.3 is 16.2 Å². The third-order valence-corrected chi connectivity index (χ3v) is 2.94. The molecular formula is C14H22FN3O2. The van der Waals surface area contributed by atoms with Crippen LogP contribution in [0, 0.1) is 5.82 Å². The summed E-state index contributed by atoms with van der Waals surface area (Å²) < 4.78 is 13.0. The molecule has 4 N–H and O–H groups in total. The Morgan fingerprint density at radius 1 is 1.55 bits per heavy atom. The average molecular weight is 283 g/mol. The zero-order valence-corrected chi connectivity index (χ0v) is 12.3. The van der Waals surface area contributed by atoms with Crippen molar-refractivity contribution in [3.05, 3.63) is 24.0 Å². The Kier molecular flexibility index (Phi) is 5.08. The first-order chi connectivity index (χ1) is 9.10. The molecule has 1 aromatic carbocycles. The molecule has 0 aliphatic heterocycles. The summed E-state index contributed by atoms with van der Waals surface area (Å²) in [5, 5.41) is 12.4. The number of amides is 1. The molecule has 0 aliphatic carbocycles. The van der Waals surface area contributed by atoms with E-state index in [2.05, 4.69) is 5.32 Å². The van der Waals surface area contributed by atoms with Crippen LogP contribution >= 0.6 is 0 Å². The molecule has 0 heterocycles. The molecule has 1 amide bonds. The second kappa shape index (κ2) is 6.19. The Hall–Kier alpha value is -1.66. The highest BCUT2D eigenvalue weighted by Gasteiger charge is 2.23. The summed E-state index contributed by atoms with van der Waals surface area (Å²) in [5.41, 5.74) is 4.99. The Morgan fingerprint density at radius 2 is 2.15 bits per heavy atom. The van der Waals surface area contributed by atoms with Gasteiger partial charge in [0, 0.05) is 12.2 Å². The fraction of sp³-hybridized carbons (Fsp3) is 0.500. The normalized spacial score (nSPS) is 13.3. The van der Waals surface area contributed by atoms with Crippen LogP contribution in [0.25, 0.3) is 0 Å². The number of carbonyl (C=O) groups excluding carboxylic acids is 1. The van der Waals surface area contributed by atoms with E-state index in [0.717, 1.165) is 0 Å². The Bertz CT molecular complexity index is 486. The lowest BCUT2D eigenvalue weighted by Gasteiger charge is -2.29. The fourth-order valence-electron chi connectivity index (χ4n) is 1.82. The monoisotopic (exact) mass is 283 g/mol. The minimum absolute atomic E-state index is 0.0136. The van der Waals surface area contributed by atoms with Gasteiger partial charge in [0.1, 0.15) is 5.82 Å². The van der Waals surface area contributed by atoms with Crippen molar-refractivity contribution in [1.29, 1.82) is 0 Å².